The molecular formula is C13H13N5O2. The number of carbonyl (C=O) groups is 1. The molecule has 0 aliphatic rings. The van der Waals surface area contributed by atoms with Crippen molar-refractivity contribution >= 4 is 11.6 Å². The van der Waals surface area contributed by atoms with Crippen molar-refractivity contribution in [2.75, 3.05) is 19.0 Å². The Bertz CT molecular complexity index is 627. The van der Waals surface area contributed by atoms with E-state index in [1.165, 1.54) is 12.3 Å². The predicted octanol–water partition coefficient (Wildman–Crippen LogP) is 1.05. The summed E-state index contributed by atoms with van der Waals surface area (Å²) in [5.74, 6) is -0.346. The van der Waals surface area contributed by atoms with E-state index in [1.54, 1.807) is 30.3 Å². The lowest BCUT2D eigenvalue weighted by Crippen LogP contribution is -2.13. The summed E-state index contributed by atoms with van der Waals surface area (Å²) in [5.41, 5.74) is 1.24. The van der Waals surface area contributed by atoms with E-state index in [9.17, 15) is 4.79 Å². The van der Waals surface area contributed by atoms with Gasteiger partial charge in [0.15, 0.2) is 0 Å². The molecule has 0 spiro atoms. The zero-order valence-electron chi connectivity index (χ0n) is 10.9. The second-order valence-corrected chi connectivity index (χ2v) is 3.98. The Morgan fingerprint density at radius 1 is 1.50 bits per heavy atom. The molecule has 2 aromatic heterocycles. The van der Waals surface area contributed by atoms with Gasteiger partial charge in [-0.15, -0.1) is 0 Å². The third kappa shape index (κ3) is 3.40. The largest absolute Gasteiger partial charge is 0.383 e. The van der Waals surface area contributed by atoms with Gasteiger partial charge in [-0.3, -0.25) is 9.48 Å². The molecule has 0 atom stereocenters. The van der Waals surface area contributed by atoms with Crippen molar-refractivity contribution in [2.24, 2.45) is 0 Å². The molecular weight excluding hydrogens is 258 g/mol. The lowest BCUT2D eigenvalue weighted by atomic mass is 10.2. The Labute approximate surface area is 115 Å². The molecule has 1 amide bonds. The first kappa shape index (κ1) is 13.7. The SMILES string of the molecule is COCCn1cc(NC(=O)c2ccc(C#N)cn2)cn1. The number of nitriles is 1. The van der Waals surface area contributed by atoms with Crippen molar-refractivity contribution in [3.05, 3.63) is 42.0 Å². The van der Waals surface area contributed by atoms with Crippen molar-refractivity contribution < 1.29 is 9.53 Å². The number of carbonyl (C=O) groups excluding carboxylic acids is 1. The molecule has 2 rings (SSSR count). The van der Waals surface area contributed by atoms with E-state index in [2.05, 4.69) is 15.4 Å². The summed E-state index contributed by atoms with van der Waals surface area (Å²) >= 11 is 0. The Morgan fingerprint density at radius 2 is 2.35 bits per heavy atom. The van der Waals surface area contributed by atoms with Gasteiger partial charge in [-0.25, -0.2) is 4.98 Å². The quantitative estimate of drug-likeness (QED) is 0.877. The van der Waals surface area contributed by atoms with Crippen LogP contribution in [0.3, 0.4) is 0 Å². The molecule has 0 unspecified atom stereocenters. The predicted molar refractivity (Wildman–Crippen MR) is 71.0 cm³/mol. The van der Waals surface area contributed by atoms with Crippen molar-refractivity contribution in [1.82, 2.24) is 14.8 Å². The normalized spacial score (nSPS) is 10.0. The number of pyridine rings is 1. The van der Waals surface area contributed by atoms with Crippen molar-refractivity contribution in [3.63, 3.8) is 0 Å². The number of hydrogen-bond acceptors (Lipinski definition) is 5. The van der Waals surface area contributed by atoms with Crippen LogP contribution in [0, 0.1) is 11.3 Å². The van der Waals surface area contributed by atoms with Gasteiger partial charge in [0.1, 0.15) is 11.8 Å². The van der Waals surface area contributed by atoms with Gasteiger partial charge in [0, 0.05) is 19.5 Å². The number of nitrogens with zero attached hydrogens (tertiary/aromatic N) is 4. The topological polar surface area (TPSA) is 92.8 Å². The third-order valence-electron chi connectivity index (χ3n) is 2.54. The summed E-state index contributed by atoms with van der Waals surface area (Å²) in [6, 6.07) is 5.00. The van der Waals surface area contributed by atoms with Gasteiger partial charge in [0.25, 0.3) is 5.91 Å². The van der Waals surface area contributed by atoms with E-state index in [0.717, 1.165) is 0 Å². The molecule has 7 nitrogen and oxygen atoms in total. The number of rotatable bonds is 5. The average Bonchev–Trinajstić information content (AvgIpc) is 2.92. The zero-order chi connectivity index (χ0) is 14.4. The molecule has 0 saturated carbocycles. The number of amides is 1. The Hall–Kier alpha value is -2.72. The molecule has 7 heteroatoms. The van der Waals surface area contributed by atoms with Gasteiger partial charge in [0.05, 0.1) is 30.6 Å². The molecule has 0 bridgehead atoms. The van der Waals surface area contributed by atoms with Crippen molar-refractivity contribution in [3.8, 4) is 6.07 Å². The molecule has 0 aliphatic heterocycles. The van der Waals surface area contributed by atoms with Gasteiger partial charge in [0.2, 0.25) is 0 Å². The summed E-state index contributed by atoms with van der Waals surface area (Å²) in [5, 5.41) is 15.4. The molecule has 1 N–H and O–H groups in total. The summed E-state index contributed by atoms with van der Waals surface area (Å²) in [7, 11) is 1.61. The van der Waals surface area contributed by atoms with Crippen LogP contribution < -0.4 is 5.32 Å². The minimum atomic E-state index is -0.346. The van der Waals surface area contributed by atoms with Gasteiger partial charge in [-0.2, -0.15) is 10.4 Å². The van der Waals surface area contributed by atoms with E-state index in [4.69, 9.17) is 10.00 Å². The summed E-state index contributed by atoms with van der Waals surface area (Å²) in [6.45, 7) is 1.16. The summed E-state index contributed by atoms with van der Waals surface area (Å²) < 4.78 is 6.61. The maximum Gasteiger partial charge on any atom is 0.274 e. The maximum atomic E-state index is 11.9. The van der Waals surface area contributed by atoms with Crippen LogP contribution >= 0.6 is 0 Å². The van der Waals surface area contributed by atoms with Gasteiger partial charge >= 0.3 is 0 Å². The Balaban J connectivity index is 2.00. The van der Waals surface area contributed by atoms with E-state index >= 15 is 0 Å². The first-order valence-electron chi connectivity index (χ1n) is 5.92. The molecule has 0 fully saturated rings. The Morgan fingerprint density at radius 3 is 3.00 bits per heavy atom. The second kappa shape index (κ2) is 6.45. The van der Waals surface area contributed by atoms with Crippen LogP contribution in [0.1, 0.15) is 16.1 Å². The van der Waals surface area contributed by atoms with E-state index in [1.807, 2.05) is 6.07 Å². The van der Waals surface area contributed by atoms with Crippen LogP contribution in [-0.4, -0.2) is 34.4 Å². The highest BCUT2D eigenvalue weighted by Crippen LogP contribution is 2.07. The van der Waals surface area contributed by atoms with Crippen LogP contribution in [0.2, 0.25) is 0 Å². The van der Waals surface area contributed by atoms with Gasteiger partial charge in [-0.05, 0) is 12.1 Å². The lowest BCUT2D eigenvalue weighted by molar-refractivity contribution is 0.102. The van der Waals surface area contributed by atoms with Crippen LogP contribution in [0.15, 0.2) is 30.7 Å². The summed E-state index contributed by atoms with van der Waals surface area (Å²) in [6.07, 6.45) is 4.62. The van der Waals surface area contributed by atoms with Crippen LogP contribution in [0.5, 0.6) is 0 Å². The minimum Gasteiger partial charge on any atom is -0.383 e. The molecule has 0 aliphatic carbocycles. The highest BCUT2D eigenvalue weighted by Gasteiger charge is 2.09. The zero-order valence-corrected chi connectivity index (χ0v) is 10.9. The first-order valence-corrected chi connectivity index (χ1v) is 5.92. The minimum absolute atomic E-state index is 0.244. The molecule has 0 saturated heterocycles. The molecule has 0 aromatic carbocycles. The number of ether oxygens (including phenoxy) is 1. The molecule has 2 heterocycles. The number of hydrogen-bond donors (Lipinski definition) is 1. The van der Waals surface area contributed by atoms with Gasteiger partial charge in [-0.1, -0.05) is 0 Å². The standard InChI is InChI=1S/C13H13N5O2/c1-20-5-4-18-9-11(8-16-18)17-13(19)12-3-2-10(6-14)7-15-12/h2-3,7-9H,4-5H2,1H3,(H,17,19). The second-order valence-electron chi connectivity index (χ2n) is 3.98. The van der Waals surface area contributed by atoms with E-state index in [-0.39, 0.29) is 11.6 Å². The molecule has 102 valence electrons. The lowest BCUT2D eigenvalue weighted by Gasteiger charge is -2.01. The number of aromatic nitrogens is 3. The van der Waals surface area contributed by atoms with Crippen LogP contribution in [0.4, 0.5) is 5.69 Å². The Kier molecular flexibility index (Phi) is 4.42. The van der Waals surface area contributed by atoms with E-state index < -0.39 is 0 Å². The first-order chi connectivity index (χ1) is 9.72. The van der Waals surface area contributed by atoms with Gasteiger partial charge < -0.3 is 10.1 Å². The van der Waals surface area contributed by atoms with Crippen LogP contribution in [0.25, 0.3) is 0 Å². The highest BCUT2D eigenvalue weighted by atomic mass is 16.5. The number of anilines is 1. The third-order valence-corrected chi connectivity index (χ3v) is 2.54. The fraction of sp³-hybridized carbons (Fsp3) is 0.231. The fourth-order valence-electron chi connectivity index (χ4n) is 1.52. The highest BCUT2D eigenvalue weighted by molar-refractivity contribution is 6.02. The van der Waals surface area contributed by atoms with Crippen molar-refractivity contribution in [2.45, 2.75) is 6.54 Å². The average molecular weight is 271 g/mol. The maximum absolute atomic E-state index is 11.9. The number of nitrogens with one attached hydrogen (secondary N) is 1. The van der Waals surface area contributed by atoms with Crippen LogP contribution in [-0.2, 0) is 11.3 Å². The smallest absolute Gasteiger partial charge is 0.274 e. The fourth-order valence-corrected chi connectivity index (χ4v) is 1.52. The van der Waals surface area contributed by atoms with E-state index in [0.29, 0.717) is 24.4 Å². The molecule has 20 heavy (non-hydrogen) atoms. The monoisotopic (exact) mass is 271 g/mol. The molecule has 0 radical (unpaired) electrons. The molecule has 2 aromatic rings. The van der Waals surface area contributed by atoms with Crippen molar-refractivity contribution in [1.29, 1.82) is 5.26 Å². The number of methoxy groups -OCH3 is 1. The summed E-state index contributed by atoms with van der Waals surface area (Å²) in [4.78, 5) is 15.8.